The van der Waals surface area contributed by atoms with E-state index >= 15 is 0 Å². The van der Waals surface area contributed by atoms with Crippen LogP contribution < -0.4 is 11.1 Å². The number of anilines is 2. The Balaban J connectivity index is 0.00000220. The SMILES string of the molecule is Cc1ccc(CCCC(=O)Nc2ccc(N)nc2)cc1.Cl. The van der Waals surface area contributed by atoms with Crippen molar-refractivity contribution in [1.82, 2.24) is 4.98 Å². The van der Waals surface area contributed by atoms with Crippen LogP contribution in [-0.2, 0) is 11.2 Å². The van der Waals surface area contributed by atoms with Crippen LogP contribution in [0.2, 0.25) is 0 Å². The molecule has 0 bridgehead atoms. The smallest absolute Gasteiger partial charge is 0.224 e. The molecule has 2 rings (SSSR count). The van der Waals surface area contributed by atoms with Gasteiger partial charge in [0.05, 0.1) is 11.9 Å². The van der Waals surface area contributed by atoms with Crippen molar-refractivity contribution in [2.45, 2.75) is 26.2 Å². The fourth-order valence-corrected chi connectivity index (χ4v) is 1.91. The molecule has 3 N–H and O–H groups in total. The Labute approximate surface area is 131 Å². The van der Waals surface area contributed by atoms with E-state index in [1.807, 2.05) is 0 Å². The molecule has 0 aliphatic carbocycles. The van der Waals surface area contributed by atoms with Crippen LogP contribution in [0.1, 0.15) is 24.0 Å². The van der Waals surface area contributed by atoms with Crippen molar-refractivity contribution in [3.8, 4) is 0 Å². The van der Waals surface area contributed by atoms with Gasteiger partial charge in [0.2, 0.25) is 5.91 Å². The molecule has 0 unspecified atom stereocenters. The van der Waals surface area contributed by atoms with E-state index < -0.39 is 0 Å². The Morgan fingerprint density at radius 3 is 2.52 bits per heavy atom. The summed E-state index contributed by atoms with van der Waals surface area (Å²) in [6, 6.07) is 11.8. The molecule has 0 saturated carbocycles. The molecule has 0 aliphatic heterocycles. The first kappa shape index (κ1) is 17.0. The minimum atomic E-state index is 0. The number of aryl methyl sites for hydroxylation is 2. The van der Waals surface area contributed by atoms with Crippen LogP contribution in [0.3, 0.4) is 0 Å². The fraction of sp³-hybridized carbons (Fsp3) is 0.250. The molecule has 1 aromatic heterocycles. The zero-order valence-electron chi connectivity index (χ0n) is 12.0. The van der Waals surface area contributed by atoms with Gasteiger partial charge in [-0.15, -0.1) is 12.4 Å². The first-order chi connectivity index (χ1) is 9.63. The third-order valence-electron chi connectivity index (χ3n) is 3.06. The quantitative estimate of drug-likeness (QED) is 0.890. The molecule has 1 amide bonds. The van der Waals surface area contributed by atoms with Gasteiger partial charge in [0.15, 0.2) is 0 Å². The number of halogens is 1. The second-order valence-corrected chi connectivity index (χ2v) is 4.86. The van der Waals surface area contributed by atoms with Crippen molar-refractivity contribution in [2.24, 2.45) is 0 Å². The van der Waals surface area contributed by atoms with E-state index in [1.54, 1.807) is 18.3 Å². The molecule has 0 atom stereocenters. The largest absolute Gasteiger partial charge is 0.384 e. The molecule has 2 aromatic rings. The molecule has 0 aliphatic rings. The summed E-state index contributed by atoms with van der Waals surface area (Å²) in [6.07, 6.45) is 3.80. The van der Waals surface area contributed by atoms with Crippen molar-refractivity contribution in [1.29, 1.82) is 0 Å². The van der Waals surface area contributed by atoms with E-state index in [0.29, 0.717) is 17.9 Å². The highest BCUT2D eigenvalue weighted by Gasteiger charge is 2.03. The Morgan fingerprint density at radius 2 is 1.90 bits per heavy atom. The van der Waals surface area contributed by atoms with Crippen LogP contribution in [0.4, 0.5) is 11.5 Å². The normalized spacial score (nSPS) is 9.76. The summed E-state index contributed by atoms with van der Waals surface area (Å²) in [7, 11) is 0. The van der Waals surface area contributed by atoms with Crippen LogP contribution in [0.25, 0.3) is 0 Å². The van der Waals surface area contributed by atoms with Crippen LogP contribution in [0.5, 0.6) is 0 Å². The molecule has 21 heavy (non-hydrogen) atoms. The number of hydrogen-bond acceptors (Lipinski definition) is 3. The maximum atomic E-state index is 11.8. The topological polar surface area (TPSA) is 68.0 Å². The number of benzene rings is 1. The van der Waals surface area contributed by atoms with Crippen LogP contribution in [0, 0.1) is 6.92 Å². The van der Waals surface area contributed by atoms with E-state index in [0.717, 1.165) is 12.8 Å². The van der Waals surface area contributed by atoms with Gasteiger partial charge in [-0.2, -0.15) is 0 Å². The number of nitrogens with zero attached hydrogens (tertiary/aromatic N) is 1. The highest BCUT2D eigenvalue weighted by atomic mass is 35.5. The van der Waals surface area contributed by atoms with Crippen molar-refractivity contribution >= 4 is 29.8 Å². The lowest BCUT2D eigenvalue weighted by Gasteiger charge is -2.05. The minimum Gasteiger partial charge on any atom is -0.384 e. The van der Waals surface area contributed by atoms with Crippen LogP contribution in [0.15, 0.2) is 42.6 Å². The van der Waals surface area contributed by atoms with Gasteiger partial charge in [0.1, 0.15) is 5.82 Å². The second-order valence-electron chi connectivity index (χ2n) is 4.86. The predicted molar refractivity (Wildman–Crippen MR) is 88.6 cm³/mol. The lowest BCUT2D eigenvalue weighted by molar-refractivity contribution is -0.116. The van der Waals surface area contributed by atoms with Gasteiger partial charge in [0, 0.05) is 6.42 Å². The number of carbonyl (C=O) groups is 1. The Kier molecular flexibility index (Phi) is 6.69. The number of rotatable bonds is 5. The summed E-state index contributed by atoms with van der Waals surface area (Å²) in [6.45, 7) is 2.07. The summed E-state index contributed by atoms with van der Waals surface area (Å²) in [4.78, 5) is 15.7. The maximum Gasteiger partial charge on any atom is 0.224 e. The van der Waals surface area contributed by atoms with Gasteiger partial charge in [-0.05, 0) is 37.5 Å². The number of carbonyl (C=O) groups excluding carboxylic acids is 1. The van der Waals surface area contributed by atoms with Crippen molar-refractivity contribution in [3.63, 3.8) is 0 Å². The first-order valence-corrected chi connectivity index (χ1v) is 6.70. The van der Waals surface area contributed by atoms with Gasteiger partial charge >= 0.3 is 0 Å². The summed E-state index contributed by atoms with van der Waals surface area (Å²) in [5.41, 5.74) is 8.68. The van der Waals surface area contributed by atoms with E-state index in [9.17, 15) is 4.79 Å². The molecule has 0 saturated heterocycles. The zero-order valence-corrected chi connectivity index (χ0v) is 12.8. The maximum absolute atomic E-state index is 11.8. The van der Waals surface area contributed by atoms with E-state index in [1.165, 1.54) is 11.1 Å². The number of nitrogens with one attached hydrogen (secondary N) is 1. The van der Waals surface area contributed by atoms with Crippen LogP contribution >= 0.6 is 12.4 Å². The molecule has 5 heteroatoms. The summed E-state index contributed by atoms with van der Waals surface area (Å²) in [5.74, 6) is 0.450. The average molecular weight is 306 g/mol. The Bertz CT molecular complexity index is 567. The molecule has 0 radical (unpaired) electrons. The summed E-state index contributed by atoms with van der Waals surface area (Å²) >= 11 is 0. The molecule has 4 nitrogen and oxygen atoms in total. The summed E-state index contributed by atoms with van der Waals surface area (Å²) in [5, 5.41) is 2.81. The lowest BCUT2D eigenvalue weighted by atomic mass is 10.1. The second kappa shape index (κ2) is 8.27. The number of aromatic nitrogens is 1. The van der Waals surface area contributed by atoms with Crippen molar-refractivity contribution in [2.75, 3.05) is 11.1 Å². The standard InChI is InChI=1S/C16H19N3O.ClH/c1-12-5-7-13(8-6-12)3-2-4-16(20)19-14-9-10-15(17)18-11-14;/h5-11H,2-4H2,1H3,(H2,17,18)(H,19,20);1H. The van der Waals surface area contributed by atoms with Gasteiger partial charge in [0.25, 0.3) is 0 Å². The number of nitrogens with two attached hydrogens (primary N) is 1. The highest BCUT2D eigenvalue weighted by Crippen LogP contribution is 2.10. The number of amides is 1. The van der Waals surface area contributed by atoms with Crippen LogP contribution in [-0.4, -0.2) is 10.9 Å². The zero-order chi connectivity index (χ0) is 14.4. The number of nitrogen functional groups attached to an aromatic ring is 1. The van der Waals surface area contributed by atoms with Gasteiger partial charge < -0.3 is 11.1 Å². The van der Waals surface area contributed by atoms with Crippen molar-refractivity contribution in [3.05, 3.63) is 53.7 Å². The van der Waals surface area contributed by atoms with Gasteiger partial charge in [-0.3, -0.25) is 4.79 Å². The first-order valence-electron chi connectivity index (χ1n) is 6.70. The molecule has 0 fully saturated rings. The molecule has 1 aromatic carbocycles. The van der Waals surface area contributed by atoms with Gasteiger partial charge in [-0.1, -0.05) is 29.8 Å². The average Bonchev–Trinajstić information content (AvgIpc) is 2.44. The third-order valence-corrected chi connectivity index (χ3v) is 3.06. The molecule has 0 spiro atoms. The van der Waals surface area contributed by atoms with E-state index in [2.05, 4.69) is 41.5 Å². The van der Waals surface area contributed by atoms with E-state index in [4.69, 9.17) is 5.73 Å². The predicted octanol–water partition coefficient (Wildman–Crippen LogP) is 3.36. The highest BCUT2D eigenvalue weighted by molar-refractivity contribution is 5.90. The molecular formula is C16H20ClN3O. The van der Waals surface area contributed by atoms with Gasteiger partial charge in [-0.25, -0.2) is 4.98 Å². The monoisotopic (exact) mass is 305 g/mol. The van der Waals surface area contributed by atoms with E-state index in [-0.39, 0.29) is 18.3 Å². The fourth-order valence-electron chi connectivity index (χ4n) is 1.91. The number of pyridine rings is 1. The van der Waals surface area contributed by atoms with Crippen molar-refractivity contribution < 1.29 is 4.79 Å². The third kappa shape index (κ3) is 5.83. The number of hydrogen-bond donors (Lipinski definition) is 2. The molecule has 112 valence electrons. The molecular weight excluding hydrogens is 286 g/mol. The Hall–Kier alpha value is -2.07. The summed E-state index contributed by atoms with van der Waals surface area (Å²) < 4.78 is 0. The molecule has 1 heterocycles. The Morgan fingerprint density at radius 1 is 1.19 bits per heavy atom. The lowest BCUT2D eigenvalue weighted by Crippen LogP contribution is -2.11. The minimum absolute atomic E-state index is 0.